The van der Waals surface area contributed by atoms with Gasteiger partial charge >= 0.3 is 12.4 Å². The third-order valence-corrected chi connectivity index (χ3v) is 3.88. The van der Waals surface area contributed by atoms with E-state index >= 15 is 0 Å². The van der Waals surface area contributed by atoms with Crippen molar-refractivity contribution in [3.05, 3.63) is 53.2 Å². The van der Waals surface area contributed by atoms with Crippen LogP contribution in [0.15, 0.2) is 30.5 Å². The van der Waals surface area contributed by atoms with E-state index in [0.717, 1.165) is 6.07 Å². The van der Waals surface area contributed by atoms with Gasteiger partial charge in [-0.1, -0.05) is 6.07 Å². The maximum absolute atomic E-state index is 14.2. The molecule has 0 fully saturated rings. The zero-order chi connectivity index (χ0) is 20.0. The van der Waals surface area contributed by atoms with E-state index < -0.39 is 40.6 Å². The van der Waals surface area contributed by atoms with Crippen LogP contribution in [0, 0.1) is 5.82 Å². The van der Waals surface area contributed by atoms with Crippen LogP contribution in [-0.2, 0) is 18.8 Å². The molecule has 0 bridgehead atoms. The van der Waals surface area contributed by atoms with Crippen LogP contribution in [0.2, 0.25) is 0 Å². The Morgan fingerprint density at radius 3 is 2.26 bits per heavy atom. The molecule has 2 aromatic heterocycles. The molecule has 144 valence electrons. The summed E-state index contributed by atoms with van der Waals surface area (Å²) in [5, 5.41) is 7.40. The van der Waals surface area contributed by atoms with Gasteiger partial charge in [-0.05, 0) is 24.7 Å². The summed E-state index contributed by atoms with van der Waals surface area (Å²) in [6, 6.07) is 2.07. The fourth-order valence-electron chi connectivity index (χ4n) is 2.70. The van der Waals surface area contributed by atoms with Gasteiger partial charge in [-0.2, -0.15) is 26.3 Å². The highest BCUT2D eigenvalue weighted by atomic mass is 19.4. The molecule has 3 rings (SSSR count). The van der Waals surface area contributed by atoms with Crippen LogP contribution in [0.3, 0.4) is 0 Å². The van der Waals surface area contributed by atoms with E-state index in [1.54, 1.807) is 0 Å². The lowest BCUT2D eigenvalue weighted by Gasteiger charge is -2.16. The molecule has 0 amide bonds. The average molecular weight is 392 g/mol. The van der Waals surface area contributed by atoms with E-state index in [4.69, 9.17) is 5.73 Å². The fraction of sp³-hybridized carbons (Fsp3) is 0.250. The van der Waals surface area contributed by atoms with Gasteiger partial charge < -0.3 is 5.73 Å². The van der Waals surface area contributed by atoms with Crippen molar-refractivity contribution in [3.8, 4) is 11.3 Å². The molecular formula is C16H11F7N4. The first-order chi connectivity index (χ1) is 12.5. The van der Waals surface area contributed by atoms with Crippen molar-refractivity contribution in [1.29, 1.82) is 0 Å². The van der Waals surface area contributed by atoms with Gasteiger partial charge in [0.2, 0.25) is 0 Å². The van der Waals surface area contributed by atoms with Crippen LogP contribution in [-0.4, -0.2) is 21.1 Å². The SMILES string of the molecule is NCCc1nnc(-c2ccc(C(F)(F)F)cc2C(F)(F)F)c2c(F)ccn12. The van der Waals surface area contributed by atoms with Gasteiger partial charge in [-0.25, -0.2) is 4.39 Å². The molecule has 27 heavy (non-hydrogen) atoms. The molecule has 0 saturated heterocycles. The number of fused-ring (bicyclic) bond motifs is 1. The molecule has 0 atom stereocenters. The van der Waals surface area contributed by atoms with Crippen LogP contribution in [0.1, 0.15) is 17.0 Å². The van der Waals surface area contributed by atoms with Gasteiger partial charge in [-0.15, -0.1) is 10.2 Å². The van der Waals surface area contributed by atoms with Crippen molar-refractivity contribution in [2.24, 2.45) is 5.73 Å². The van der Waals surface area contributed by atoms with Gasteiger partial charge in [0, 0.05) is 18.2 Å². The lowest BCUT2D eigenvalue weighted by atomic mass is 10.00. The number of alkyl halides is 6. The summed E-state index contributed by atoms with van der Waals surface area (Å²) in [7, 11) is 0. The molecular weight excluding hydrogens is 381 g/mol. The standard InChI is InChI=1S/C16H11F7N4/c17-11-4-6-27-12(3-5-24)25-26-13(14(11)27)9-2-1-8(15(18,19)20)7-10(9)16(21,22)23/h1-2,4,6-7H,3,5,24H2. The summed E-state index contributed by atoms with van der Waals surface area (Å²) in [5.41, 5.74) is 0.820. The van der Waals surface area contributed by atoms with E-state index in [-0.39, 0.29) is 30.4 Å². The molecule has 3 aromatic rings. The minimum atomic E-state index is -5.12. The minimum absolute atomic E-state index is 0.0256. The topological polar surface area (TPSA) is 56.2 Å². The number of nitrogens with zero attached hydrogens (tertiary/aromatic N) is 3. The van der Waals surface area contributed by atoms with E-state index in [1.807, 2.05) is 0 Å². The number of hydrogen-bond donors (Lipinski definition) is 1. The van der Waals surface area contributed by atoms with E-state index in [2.05, 4.69) is 10.2 Å². The van der Waals surface area contributed by atoms with Crippen molar-refractivity contribution >= 4 is 5.52 Å². The van der Waals surface area contributed by atoms with E-state index in [9.17, 15) is 30.7 Å². The number of nitrogens with two attached hydrogens (primary N) is 1. The van der Waals surface area contributed by atoms with Crippen molar-refractivity contribution in [2.45, 2.75) is 18.8 Å². The first kappa shape index (κ1) is 19.1. The maximum atomic E-state index is 14.2. The summed E-state index contributed by atoms with van der Waals surface area (Å²) >= 11 is 0. The zero-order valence-corrected chi connectivity index (χ0v) is 13.4. The van der Waals surface area contributed by atoms with Crippen molar-refractivity contribution in [1.82, 2.24) is 14.6 Å². The first-order valence-electron chi connectivity index (χ1n) is 7.55. The molecule has 2 heterocycles. The molecule has 0 aliphatic rings. The number of rotatable bonds is 3. The molecule has 0 spiro atoms. The Morgan fingerprint density at radius 2 is 1.67 bits per heavy atom. The smallest absolute Gasteiger partial charge is 0.330 e. The second-order valence-electron chi connectivity index (χ2n) is 5.64. The molecule has 0 saturated carbocycles. The summed E-state index contributed by atoms with van der Waals surface area (Å²) in [6.45, 7) is 0.136. The van der Waals surface area contributed by atoms with Crippen molar-refractivity contribution < 1.29 is 30.7 Å². The van der Waals surface area contributed by atoms with Crippen molar-refractivity contribution in [3.63, 3.8) is 0 Å². The zero-order valence-electron chi connectivity index (χ0n) is 13.4. The maximum Gasteiger partial charge on any atom is 0.417 e. The average Bonchev–Trinajstić information content (AvgIpc) is 2.96. The third kappa shape index (κ3) is 3.46. The molecule has 0 aliphatic heterocycles. The predicted octanol–water partition coefficient (Wildman–Crippen LogP) is 4.07. The molecule has 0 radical (unpaired) electrons. The van der Waals surface area contributed by atoms with Crippen LogP contribution in [0.4, 0.5) is 30.7 Å². The summed E-state index contributed by atoms with van der Waals surface area (Å²) in [6.07, 6.45) is -8.67. The summed E-state index contributed by atoms with van der Waals surface area (Å²) in [5.74, 6) is -0.674. The summed E-state index contributed by atoms with van der Waals surface area (Å²) in [4.78, 5) is 0. The number of hydrogen-bond acceptors (Lipinski definition) is 3. The second-order valence-corrected chi connectivity index (χ2v) is 5.64. The molecule has 1 aromatic carbocycles. The largest absolute Gasteiger partial charge is 0.417 e. The van der Waals surface area contributed by atoms with Crippen LogP contribution >= 0.6 is 0 Å². The van der Waals surface area contributed by atoms with Gasteiger partial charge in [0.1, 0.15) is 17.0 Å². The minimum Gasteiger partial charge on any atom is -0.330 e. The predicted molar refractivity (Wildman–Crippen MR) is 81.1 cm³/mol. The quantitative estimate of drug-likeness (QED) is 0.684. The Kier molecular flexibility index (Phi) is 4.58. The van der Waals surface area contributed by atoms with Crippen LogP contribution in [0.5, 0.6) is 0 Å². The Labute approximate surface area is 147 Å². The molecule has 4 nitrogen and oxygen atoms in total. The molecule has 2 N–H and O–H groups in total. The summed E-state index contributed by atoms with van der Waals surface area (Å²) < 4.78 is 94.1. The monoisotopic (exact) mass is 392 g/mol. The second kappa shape index (κ2) is 6.48. The Hall–Kier alpha value is -2.69. The van der Waals surface area contributed by atoms with Gasteiger partial charge in [0.05, 0.1) is 11.1 Å². The first-order valence-corrected chi connectivity index (χ1v) is 7.55. The Morgan fingerprint density at radius 1 is 0.963 bits per heavy atom. The molecule has 0 aliphatic carbocycles. The van der Waals surface area contributed by atoms with Gasteiger partial charge in [-0.3, -0.25) is 4.40 Å². The van der Waals surface area contributed by atoms with E-state index in [1.165, 1.54) is 10.6 Å². The fourth-order valence-corrected chi connectivity index (χ4v) is 2.70. The van der Waals surface area contributed by atoms with Crippen molar-refractivity contribution in [2.75, 3.05) is 6.54 Å². The Bertz CT molecular complexity index is 989. The molecule has 11 heteroatoms. The number of benzene rings is 1. The highest BCUT2D eigenvalue weighted by Gasteiger charge is 2.39. The van der Waals surface area contributed by atoms with Gasteiger partial charge in [0.15, 0.2) is 5.82 Å². The van der Waals surface area contributed by atoms with Crippen LogP contribution in [0.25, 0.3) is 16.8 Å². The highest BCUT2D eigenvalue weighted by Crippen LogP contribution is 2.41. The number of halogens is 7. The van der Waals surface area contributed by atoms with E-state index in [0.29, 0.717) is 12.1 Å². The highest BCUT2D eigenvalue weighted by molar-refractivity contribution is 5.80. The lowest BCUT2D eigenvalue weighted by molar-refractivity contribution is -0.142. The number of aromatic nitrogens is 3. The van der Waals surface area contributed by atoms with Crippen LogP contribution < -0.4 is 5.73 Å². The normalized spacial score (nSPS) is 12.7. The third-order valence-electron chi connectivity index (χ3n) is 3.88. The lowest BCUT2D eigenvalue weighted by Crippen LogP contribution is -2.14. The Balaban J connectivity index is 2.31. The molecule has 0 unspecified atom stereocenters. The van der Waals surface area contributed by atoms with Gasteiger partial charge in [0.25, 0.3) is 0 Å².